The molecule has 0 unspecified atom stereocenters. The summed E-state index contributed by atoms with van der Waals surface area (Å²) in [5.41, 5.74) is 2.89. The zero-order chi connectivity index (χ0) is 11.4. The average Bonchev–Trinajstić information content (AvgIpc) is 2.73. The predicted octanol–water partition coefficient (Wildman–Crippen LogP) is 3.99. The van der Waals surface area contributed by atoms with E-state index in [-0.39, 0.29) is 0 Å². The van der Waals surface area contributed by atoms with Crippen LogP contribution in [0.3, 0.4) is 0 Å². The van der Waals surface area contributed by atoms with Gasteiger partial charge in [-0.3, -0.25) is 0 Å². The van der Waals surface area contributed by atoms with Gasteiger partial charge in [0.05, 0.1) is 15.4 Å². The van der Waals surface area contributed by atoms with Crippen molar-refractivity contribution in [2.45, 2.75) is 6.54 Å². The lowest BCUT2D eigenvalue weighted by Gasteiger charge is -2.04. The minimum atomic E-state index is 0.677. The number of anilines is 1. The maximum atomic E-state index is 8.77. The Bertz CT molecular complexity index is 528. The van der Waals surface area contributed by atoms with Crippen LogP contribution in [-0.4, -0.2) is 0 Å². The highest BCUT2D eigenvalue weighted by Crippen LogP contribution is 2.21. The molecule has 0 amide bonds. The number of hydrogen-bond donors (Lipinski definition) is 1. The van der Waals surface area contributed by atoms with Crippen molar-refractivity contribution in [1.29, 1.82) is 5.26 Å². The van der Waals surface area contributed by atoms with Crippen LogP contribution in [0.2, 0.25) is 0 Å². The molecule has 0 fully saturated rings. The van der Waals surface area contributed by atoms with Gasteiger partial charge in [0.1, 0.15) is 0 Å². The molecule has 1 aromatic heterocycles. The second kappa shape index (κ2) is 5.15. The van der Waals surface area contributed by atoms with Gasteiger partial charge in [0.25, 0.3) is 0 Å². The maximum Gasteiger partial charge on any atom is 0.0992 e. The summed E-state index contributed by atoms with van der Waals surface area (Å²) >= 11 is 5.10. The molecule has 1 N–H and O–H groups in total. The fourth-order valence-corrected chi connectivity index (χ4v) is 2.55. The van der Waals surface area contributed by atoms with Crippen molar-refractivity contribution in [2.75, 3.05) is 5.32 Å². The first-order chi connectivity index (χ1) is 7.78. The van der Waals surface area contributed by atoms with E-state index >= 15 is 0 Å². The smallest absolute Gasteiger partial charge is 0.0992 e. The first kappa shape index (κ1) is 11.2. The van der Waals surface area contributed by atoms with E-state index in [4.69, 9.17) is 5.26 Å². The first-order valence-electron chi connectivity index (χ1n) is 4.75. The zero-order valence-electron chi connectivity index (χ0n) is 8.40. The second-order valence-electron chi connectivity index (χ2n) is 3.31. The van der Waals surface area contributed by atoms with Gasteiger partial charge in [-0.25, -0.2) is 0 Å². The van der Waals surface area contributed by atoms with Crippen LogP contribution in [0.5, 0.6) is 0 Å². The van der Waals surface area contributed by atoms with Crippen molar-refractivity contribution in [3.05, 3.63) is 50.6 Å². The van der Waals surface area contributed by atoms with Gasteiger partial charge in [0.2, 0.25) is 0 Å². The van der Waals surface area contributed by atoms with Crippen molar-refractivity contribution >= 4 is 33.0 Å². The van der Waals surface area contributed by atoms with E-state index in [1.165, 1.54) is 5.56 Å². The van der Waals surface area contributed by atoms with Crippen LogP contribution < -0.4 is 5.32 Å². The zero-order valence-corrected chi connectivity index (χ0v) is 10.8. The van der Waals surface area contributed by atoms with Gasteiger partial charge in [-0.2, -0.15) is 5.26 Å². The molecule has 0 saturated carbocycles. The van der Waals surface area contributed by atoms with E-state index in [1.807, 2.05) is 18.2 Å². The van der Waals surface area contributed by atoms with Crippen LogP contribution in [0.15, 0.2) is 39.5 Å². The summed E-state index contributed by atoms with van der Waals surface area (Å²) in [5, 5.41) is 14.2. The Labute approximate surface area is 107 Å². The summed E-state index contributed by atoms with van der Waals surface area (Å²) in [6.45, 7) is 0.775. The van der Waals surface area contributed by atoms with Crippen molar-refractivity contribution < 1.29 is 0 Å². The molecule has 0 aliphatic carbocycles. The van der Waals surface area contributed by atoms with Gasteiger partial charge in [-0.05, 0) is 51.1 Å². The van der Waals surface area contributed by atoms with Crippen molar-refractivity contribution in [2.24, 2.45) is 0 Å². The molecule has 0 atom stereocenters. The van der Waals surface area contributed by atoms with Crippen molar-refractivity contribution in [3.63, 3.8) is 0 Å². The summed E-state index contributed by atoms with van der Waals surface area (Å²) in [5.74, 6) is 0. The molecule has 0 radical (unpaired) electrons. The molecule has 4 heteroatoms. The Balaban J connectivity index is 2.02. The lowest BCUT2D eigenvalue weighted by molar-refractivity contribution is 1.16. The molecular weight excluding hydrogens is 284 g/mol. The van der Waals surface area contributed by atoms with Crippen LogP contribution in [-0.2, 0) is 6.54 Å². The number of thiophene rings is 1. The number of rotatable bonds is 3. The standard InChI is InChI=1S/C12H9BrN2S/c13-12-5-10(8-16-12)7-15-11-3-1-2-9(4-11)6-14/h1-5,8,15H,7H2. The molecule has 0 bridgehead atoms. The van der Waals surface area contributed by atoms with E-state index in [9.17, 15) is 0 Å². The largest absolute Gasteiger partial charge is 0.381 e. The molecule has 0 aliphatic heterocycles. The van der Waals surface area contributed by atoms with Gasteiger partial charge in [-0.15, -0.1) is 11.3 Å². The third-order valence-electron chi connectivity index (χ3n) is 2.11. The number of benzene rings is 1. The number of nitrogens with one attached hydrogen (secondary N) is 1. The Morgan fingerprint density at radius 3 is 2.94 bits per heavy atom. The Kier molecular flexibility index (Phi) is 3.60. The third kappa shape index (κ3) is 2.84. The van der Waals surface area contributed by atoms with Gasteiger partial charge in [-0.1, -0.05) is 6.07 Å². The highest BCUT2D eigenvalue weighted by atomic mass is 79.9. The normalized spacial score (nSPS) is 9.75. The molecule has 2 nitrogen and oxygen atoms in total. The number of nitrogens with zero attached hydrogens (tertiary/aromatic N) is 1. The molecule has 1 heterocycles. The molecule has 0 saturated heterocycles. The molecule has 80 valence electrons. The Morgan fingerprint density at radius 2 is 2.25 bits per heavy atom. The van der Waals surface area contributed by atoms with Crippen molar-refractivity contribution in [1.82, 2.24) is 0 Å². The number of hydrogen-bond acceptors (Lipinski definition) is 3. The molecule has 0 aliphatic rings. The van der Waals surface area contributed by atoms with E-state index < -0.39 is 0 Å². The SMILES string of the molecule is N#Cc1cccc(NCc2csc(Br)c2)c1. The van der Waals surface area contributed by atoms with Crippen LogP contribution in [0, 0.1) is 11.3 Å². The highest BCUT2D eigenvalue weighted by molar-refractivity contribution is 9.11. The molecule has 2 rings (SSSR count). The lowest BCUT2D eigenvalue weighted by Crippen LogP contribution is -1.97. The van der Waals surface area contributed by atoms with Gasteiger partial charge >= 0.3 is 0 Å². The van der Waals surface area contributed by atoms with E-state index in [0.717, 1.165) is 16.0 Å². The quantitative estimate of drug-likeness (QED) is 0.928. The summed E-state index contributed by atoms with van der Waals surface area (Å²) in [7, 11) is 0. The lowest BCUT2D eigenvalue weighted by atomic mass is 10.2. The molecule has 1 aromatic carbocycles. The number of nitriles is 1. The van der Waals surface area contributed by atoms with Gasteiger partial charge in [0, 0.05) is 12.2 Å². The second-order valence-corrected chi connectivity index (χ2v) is 5.60. The third-order valence-corrected chi connectivity index (χ3v) is 3.66. The van der Waals surface area contributed by atoms with Crippen molar-refractivity contribution in [3.8, 4) is 6.07 Å². The monoisotopic (exact) mass is 292 g/mol. The fourth-order valence-electron chi connectivity index (χ4n) is 1.34. The molecule has 2 aromatic rings. The minimum Gasteiger partial charge on any atom is -0.381 e. The van der Waals surface area contributed by atoms with E-state index in [2.05, 4.69) is 38.8 Å². The van der Waals surface area contributed by atoms with Gasteiger partial charge < -0.3 is 5.32 Å². The molecular formula is C12H9BrN2S. The summed E-state index contributed by atoms with van der Waals surface area (Å²) in [4.78, 5) is 0. The molecule has 0 spiro atoms. The topological polar surface area (TPSA) is 35.8 Å². The van der Waals surface area contributed by atoms with Crippen LogP contribution in [0.25, 0.3) is 0 Å². The fraction of sp³-hybridized carbons (Fsp3) is 0.0833. The Hall–Kier alpha value is -1.31. The highest BCUT2D eigenvalue weighted by Gasteiger charge is 1.98. The van der Waals surface area contributed by atoms with Crippen LogP contribution in [0.4, 0.5) is 5.69 Å². The summed E-state index contributed by atoms with van der Waals surface area (Å²) in [6, 6.07) is 11.7. The Morgan fingerprint density at radius 1 is 1.38 bits per heavy atom. The molecule has 16 heavy (non-hydrogen) atoms. The number of halogens is 1. The van der Waals surface area contributed by atoms with E-state index in [1.54, 1.807) is 17.4 Å². The maximum absolute atomic E-state index is 8.77. The summed E-state index contributed by atoms with van der Waals surface area (Å²) < 4.78 is 1.13. The van der Waals surface area contributed by atoms with E-state index in [0.29, 0.717) is 5.56 Å². The average molecular weight is 293 g/mol. The summed E-state index contributed by atoms with van der Waals surface area (Å²) in [6.07, 6.45) is 0. The van der Waals surface area contributed by atoms with Crippen LogP contribution >= 0.6 is 27.3 Å². The van der Waals surface area contributed by atoms with Crippen LogP contribution in [0.1, 0.15) is 11.1 Å². The first-order valence-corrected chi connectivity index (χ1v) is 6.42. The van der Waals surface area contributed by atoms with Gasteiger partial charge in [0.15, 0.2) is 0 Å². The predicted molar refractivity (Wildman–Crippen MR) is 70.5 cm³/mol. The minimum absolute atomic E-state index is 0.677.